The van der Waals surface area contributed by atoms with E-state index in [2.05, 4.69) is 96.2 Å². The third-order valence-corrected chi connectivity index (χ3v) is 8.52. The van der Waals surface area contributed by atoms with E-state index in [0.717, 1.165) is 36.4 Å². The number of nitrogens with one attached hydrogen (secondary N) is 1. The van der Waals surface area contributed by atoms with Gasteiger partial charge in [0.2, 0.25) is 0 Å². The van der Waals surface area contributed by atoms with Crippen molar-refractivity contribution in [3.63, 3.8) is 0 Å². The van der Waals surface area contributed by atoms with Crippen LogP contribution >= 0.6 is 12.2 Å². The van der Waals surface area contributed by atoms with E-state index in [1.165, 1.54) is 41.0 Å². The van der Waals surface area contributed by atoms with Gasteiger partial charge in [-0.2, -0.15) is 0 Å². The van der Waals surface area contributed by atoms with Crippen LogP contribution in [0.3, 0.4) is 0 Å². The molecule has 6 rings (SSSR count). The summed E-state index contributed by atoms with van der Waals surface area (Å²) in [5.41, 5.74) is 8.19. The minimum atomic E-state index is -0.0791. The van der Waals surface area contributed by atoms with Crippen molar-refractivity contribution in [2.24, 2.45) is 0 Å². The molecule has 1 N–H and O–H groups in total. The molecule has 200 valence electrons. The van der Waals surface area contributed by atoms with E-state index in [1.807, 2.05) is 18.3 Å². The molecule has 0 radical (unpaired) electrons. The summed E-state index contributed by atoms with van der Waals surface area (Å²) in [7, 11) is 0. The van der Waals surface area contributed by atoms with Crippen molar-refractivity contribution < 1.29 is 4.74 Å². The molecule has 2 aromatic heterocycles. The topological polar surface area (TPSA) is 42.3 Å². The van der Waals surface area contributed by atoms with Crippen molar-refractivity contribution in [2.45, 2.75) is 71.1 Å². The van der Waals surface area contributed by atoms with Crippen molar-refractivity contribution >= 4 is 23.0 Å². The summed E-state index contributed by atoms with van der Waals surface area (Å²) >= 11 is 5.98. The summed E-state index contributed by atoms with van der Waals surface area (Å²) < 4.78 is 8.59. The molecule has 39 heavy (non-hydrogen) atoms. The highest BCUT2D eigenvalue weighted by Gasteiger charge is 2.42. The lowest BCUT2D eigenvalue weighted by atomic mass is 9.96. The summed E-state index contributed by atoms with van der Waals surface area (Å²) in [6.07, 6.45) is 8.03. The Morgan fingerprint density at radius 2 is 1.67 bits per heavy atom. The van der Waals surface area contributed by atoms with Crippen LogP contribution in [0.25, 0.3) is 5.69 Å². The van der Waals surface area contributed by atoms with Crippen LogP contribution in [0.15, 0.2) is 79.0 Å². The van der Waals surface area contributed by atoms with E-state index in [1.54, 1.807) is 0 Å². The van der Waals surface area contributed by atoms with Gasteiger partial charge in [0.05, 0.1) is 23.9 Å². The second-order valence-electron chi connectivity index (χ2n) is 10.7. The van der Waals surface area contributed by atoms with E-state index in [-0.39, 0.29) is 12.1 Å². The predicted octanol–water partition coefficient (Wildman–Crippen LogP) is 7.55. The molecule has 0 unspecified atom stereocenters. The van der Waals surface area contributed by atoms with Gasteiger partial charge in [-0.15, -0.1) is 0 Å². The molecule has 3 heterocycles. The minimum absolute atomic E-state index is 0.0520. The number of thiocarbonyl (C=S) groups is 1. The van der Waals surface area contributed by atoms with Crippen molar-refractivity contribution in [3.8, 4) is 11.4 Å². The van der Waals surface area contributed by atoms with Crippen LogP contribution in [0.5, 0.6) is 5.75 Å². The monoisotopic (exact) mass is 536 g/mol. The SMILES string of the molecule is CCc1ccc(-n2c(C)cc([C@H]3[C@@H](c4ccccn4)NC(=S)N3c3ccc(OC4CCCC4)cc3)c2C)cc1. The standard InChI is InChI=1S/C33H36N4OS/c1-4-24-12-14-25(15-13-24)36-22(2)21-29(23(36)3)32-31(30-11-7-8-20-34-30)35-33(39)37(32)26-16-18-28(19-17-26)38-27-9-5-6-10-27/h7-8,11-21,27,31-32H,4-6,9-10H2,1-3H3,(H,35,39)/t31-,32+/m1/s1. The average molecular weight is 537 g/mol. The van der Waals surface area contributed by atoms with E-state index in [0.29, 0.717) is 11.2 Å². The van der Waals surface area contributed by atoms with Gasteiger partial charge in [0.15, 0.2) is 5.11 Å². The maximum absolute atomic E-state index is 6.24. The number of ether oxygens (including phenoxy) is 1. The number of hydrogen-bond acceptors (Lipinski definition) is 3. The van der Waals surface area contributed by atoms with E-state index >= 15 is 0 Å². The lowest BCUT2D eigenvalue weighted by molar-refractivity contribution is 0.210. The highest BCUT2D eigenvalue weighted by Crippen LogP contribution is 2.44. The molecule has 2 atom stereocenters. The van der Waals surface area contributed by atoms with Crippen LogP contribution in [-0.4, -0.2) is 20.8 Å². The van der Waals surface area contributed by atoms with Gasteiger partial charge < -0.3 is 19.5 Å². The molecule has 2 fully saturated rings. The molecule has 0 bridgehead atoms. The summed E-state index contributed by atoms with van der Waals surface area (Å²) in [5, 5.41) is 4.31. The highest BCUT2D eigenvalue weighted by molar-refractivity contribution is 7.80. The fourth-order valence-electron chi connectivity index (χ4n) is 6.20. The molecule has 2 aliphatic rings. The first-order chi connectivity index (χ1) is 19.0. The zero-order valence-corrected chi connectivity index (χ0v) is 23.7. The second kappa shape index (κ2) is 10.9. The molecule has 1 saturated heterocycles. The molecule has 1 aliphatic heterocycles. The Morgan fingerprint density at radius 1 is 0.949 bits per heavy atom. The van der Waals surface area contributed by atoms with E-state index in [4.69, 9.17) is 21.9 Å². The summed E-state index contributed by atoms with van der Waals surface area (Å²) in [6, 6.07) is 25.6. The van der Waals surface area contributed by atoms with Crippen molar-refractivity contribution in [3.05, 3.63) is 107 Å². The Balaban J connectivity index is 1.40. The van der Waals surface area contributed by atoms with Crippen molar-refractivity contribution in [1.82, 2.24) is 14.9 Å². The molecule has 1 saturated carbocycles. The van der Waals surface area contributed by atoms with Gasteiger partial charge in [0.1, 0.15) is 5.75 Å². The third-order valence-electron chi connectivity index (χ3n) is 8.21. The summed E-state index contributed by atoms with van der Waals surface area (Å²) in [4.78, 5) is 6.98. The second-order valence-corrected chi connectivity index (χ2v) is 11.1. The maximum atomic E-state index is 6.24. The molecule has 2 aromatic carbocycles. The fraction of sp³-hybridized carbons (Fsp3) is 0.333. The Morgan fingerprint density at radius 3 is 2.33 bits per heavy atom. The molecule has 1 aliphatic carbocycles. The first-order valence-corrected chi connectivity index (χ1v) is 14.5. The lowest BCUT2D eigenvalue weighted by Crippen LogP contribution is -2.29. The van der Waals surface area contributed by atoms with Gasteiger partial charge >= 0.3 is 0 Å². The van der Waals surface area contributed by atoms with Crippen LogP contribution in [0.4, 0.5) is 5.69 Å². The Kier molecular flexibility index (Phi) is 7.13. The number of nitrogens with zero attached hydrogens (tertiary/aromatic N) is 3. The highest BCUT2D eigenvalue weighted by atomic mass is 32.1. The number of aromatic nitrogens is 2. The van der Waals surface area contributed by atoms with Gasteiger partial charge in [-0.3, -0.25) is 4.98 Å². The van der Waals surface area contributed by atoms with Crippen LogP contribution in [0.2, 0.25) is 0 Å². The number of rotatable bonds is 7. The number of anilines is 1. The predicted molar refractivity (Wildman–Crippen MR) is 162 cm³/mol. The summed E-state index contributed by atoms with van der Waals surface area (Å²) in [5.74, 6) is 0.926. The zero-order valence-electron chi connectivity index (χ0n) is 22.9. The molecule has 6 heteroatoms. The Hall–Kier alpha value is -3.64. The average Bonchev–Trinajstić information content (AvgIpc) is 3.67. The molecule has 5 nitrogen and oxygen atoms in total. The van der Waals surface area contributed by atoms with Crippen LogP contribution in [-0.2, 0) is 6.42 Å². The number of aryl methyl sites for hydroxylation is 2. The third kappa shape index (κ3) is 4.94. The van der Waals surface area contributed by atoms with Gasteiger partial charge in [0.25, 0.3) is 0 Å². The van der Waals surface area contributed by atoms with Gasteiger partial charge in [0, 0.05) is 29.0 Å². The largest absolute Gasteiger partial charge is 0.490 e. The molecular formula is C33H36N4OS. The van der Waals surface area contributed by atoms with E-state index < -0.39 is 0 Å². The minimum Gasteiger partial charge on any atom is -0.490 e. The summed E-state index contributed by atoms with van der Waals surface area (Å²) in [6.45, 7) is 6.58. The quantitative estimate of drug-likeness (QED) is 0.247. The Labute approximate surface area is 236 Å². The first-order valence-electron chi connectivity index (χ1n) is 14.1. The molecule has 4 aromatic rings. The maximum Gasteiger partial charge on any atom is 0.174 e. The smallest absolute Gasteiger partial charge is 0.174 e. The van der Waals surface area contributed by atoms with E-state index in [9.17, 15) is 0 Å². The van der Waals surface area contributed by atoms with Crippen molar-refractivity contribution in [2.75, 3.05) is 4.90 Å². The Bertz CT molecular complexity index is 1440. The number of hydrogen-bond donors (Lipinski definition) is 1. The molecule has 0 amide bonds. The zero-order chi connectivity index (χ0) is 26.9. The van der Waals surface area contributed by atoms with Gasteiger partial charge in [-0.25, -0.2) is 0 Å². The van der Waals surface area contributed by atoms with Gasteiger partial charge in [-0.05, 0) is 124 Å². The first kappa shape index (κ1) is 25.6. The van der Waals surface area contributed by atoms with Crippen LogP contribution in [0.1, 0.15) is 72.9 Å². The normalized spacial score (nSPS) is 19.5. The fourth-order valence-corrected chi connectivity index (χ4v) is 6.54. The van der Waals surface area contributed by atoms with Crippen LogP contribution in [0, 0.1) is 13.8 Å². The van der Waals surface area contributed by atoms with Crippen LogP contribution < -0.4 is 15.0 Å². The number of benzene rings is 2. The lowest BCUT2D eigenvalue weighted by Gasteiger charge is -2.28. The van der Waals surface area contributed by atoms with Gasteiger partial charge in [-0.1, -0.05) is 25.1 Å². The van der Waals surface area contributed by atoms with Crippen molar-refractivity contribution in [1.29, 1.82) is 0 Å². The number of pyridine rings is 1. The molecule has 0 spiro atoms. The molecular weight excluding hydrogens is 500 g/mol.